The van der Waals surface area contributed by atoms with Crippen molar-refractivity contribution < 1.29 is 9.59 Å². The van der Waals surface area contributed by atoms with Gasteiger partial charge in [0.1, 0.15) is 5.82 Å². The van der Waals surface area contributed by atoms with Crippen molar-refractivity contribution in [1.29, 1.82) is 0 Å². The number of nitrogens with zero attached hydrogens (tertiary/aromatic N) is 5. The molecule has 2 saturated heterocycles. The van der Waals surface area contributed by atoms with Crippen molar-refractivity contribution in [2.24, 2.45) is 5.92 Å². The molecule has 28 heavy (non-hydrogen) atoms. The van der Waals surface area contributed by atoms with Crippen molar-refractivity contribution in [3.63, 3.8) is 0 Å². The van der Waals surface area contributed by atoms with Gasteiger partial charge in [0, 0.05) is 39.9 Å². The molecular weight excluding hydrogens is 354 g/mol. The number of likely N-dealkylation sites (tertiary alicyclic amines) is 2. The molecule has 2 atom stereocenters. The molecule has 3 amide bonds. The minimum Gasteiger partial charge on any atom is -0.337 e. The summed E-state index contributed by atoms with van der Waals surface area (Å²) in [5.41, 5.74) is 1.33. The Bertz CT molecular complexity index is 890. The molecule has 0 spiro atoms. The normalized spacial score (nSPS) is 22.7. The molecule has 7 heteroatoms. The molecule has 0 aromatic carbocycles. The number of rotatable bonds is 2. The maximum atomic E-state index is 13.3. The second-order valence-corrected chi connectivity index (χ2v) is 8.30. The smallest absolute Gasteiger partial charge is 0.320 e. The Morgan fingerprint density at radius 2 is 1.93 bits per heavy atom. The van der Waals surface area contributed by atoms with Gasteiger partial charge in [-0.25, -0.2) is 9.78 Å². The van der Waals surface area contributed by atoms with Crippen molar-refractivity contribution in [2.45, 2.75) is 38.6 Å². The molecule has 4 rings (SSSR count). The van der Waals surface area contributed by atoms with Crippen molar-refractivity contribution in [3.05, 3.63) is 35.9 Å². The second-order valence-electron chi connectivity index (χ2n) is 8.30. The Balaban J connectivity index is 1.73. The van der Waals surface area contributed by atoms with Crippen LogP contribution < -0.4 is 0 Å². The van der Waals surface area contributed by atoms with Gasteiger partial charge >= 0.3 is 6.03 Å². The molecule has 0 saturated carbocycles. The number of urea groups is 1. The molecule has 150 valence electrons. The fraction of sp³-hybridized carbons (Fsp3) is 0.571. The zero-order valence-corrected chi connectivity index (χ0v) is 17.0. The van der Waals surface area contributed by atoms with Crippen LogP contribution in [0.25, 0.3) is 5.52 Å². The lowest BCUT2D eigenvalue weighted by atomic mass is 10.00. The van der Waals surface area contributed by atoms with Crippen molar-refractivity contribution in [1.82, 2.24) is 24.1 Å². The first kappa shape index (κ1) is 18.8. The molecular formula is C21H29N5O2. The van der Waals surface area contributed by atoms with E-state index in [2.05, 4.69) is 6.92 Å². The number of carbonyl (C=O) groups excluding carboxylic acids is 2. The monoisotopic (exact) mass is 383 g/mol. The average Bonchev–Trinajstić information content (AvgIpc) is 3.31. The van der Waals surface area contributed by atoms with E-state index in [0.29, 0.717) is 11.6 Å². The zero-order chi connectivity index (χ0) is 19.8. The van der Waals surface area contributed by atoms with Crippen LogP contribution in [-0.4, -0.2) is 69.8 Å². The highest BCUT2D eigenvalue weighted by atomic mass is 16.2. The topological polar surface area (TPSA) is 61.2 Å². The highest BCUT2D eigenvalue weighted by Gasteiger charge is 2.35. The minimum absolute atomic E-state index is 0.00461. The van der Waals surface area contributed by atoms with Crippen LogP contribution in [0.1, 0.15) is 55.0 Å². The molecule has 0 bridgehead atoms. The third-order valence-electron chi connectivity index (χ3n) is 5.90. The van der Waals surface area contributed by atoms with E-state index in [4.69, 9.17) is 4.98 Å². The first-order valence-electron chi connectivity index (χ1n) is 10.2. The van der Waals surface area contributed by atoms with Crippen LogP contribution in [0.15, 0.2) is 24.4 Å². The lowest BCUT2D eigenvalue weighted by Crippen LogP contribution is -2.39. The van der Waals surface area contributed by atoms with Crippen LogP contribution in [0.3, 0.4) is 0 Å². The molecule has 2 fully saturated rings. The summed E-state index contributed by atoms with van der Waals surface area (Å²) in [5, 5.41) is 0. The molecule has 2 aromatic heterocycles. The first-order valence-corrected chi connectivity index (χ1v) is 10.2. The van der Waals surface area contributed by atoms with Crippen molar-refractivity contribution in [2.75, 3.05) is 33.7 Å². The molecule has 7 nitrogen and oxygen atoms in total. The lowest BCUT2D eigenvalue weighted by molar-refractivity contribution is 0.0679. The number of pyridine rings is 1. The van der Waals surface area contributed by atoms with Crippen LogP contribution in [0.2, 0.25) is 0 Å². The van der Waals surface area contributed by atoms with Crippen molar-refractivity contribution in [3.8, 4) is 0 Å². The maximum Gasteiger partial charge on any atom is 0.320 e. The van der Waals surface area contributed by atoms with Gasteiger partial charge < -0.3 is 19.1 Å². The summed E-state index contributed by atoms with van der Waals surface area (Å²) in [5.74, 6) is 1.32. The van der Waals surface area contributed by atoms with Gasteiger partial charge in [-0.15, -0.1) is 0 Å². The fourth-order valence-electron chi connectivity index (χ4n) is 4.50. The number of hydrogen-bond acceptors (Lipinski definition) is 3. The van der Waals surface area contributed by atoms with Crippen LogP contribution in [0.5, 0.6) is 0 Å². The van der Waals surface area contributed by atoms with Crippen LogP contribution in [-0.2, 0) is 0 Å². The summed E-state index contributed by atoms with van der Waals surface area (Å²) in [4.78, 5) is 36.1. The van der Waals surface area contributed by atoms with Gasteiger partial charge in [0.05, 0.1) is 11.6 Å². The van der Waals surface area contributed by atoms with Gasteiger partial charge in [-0.05, 0) is 43.7 Å². The number of amides is 3. The summed E-state index contributed by atoms with van der Waals surface area (Å²) < 4.78 is 1.99. The van der Waals surface area contributed by atoms with Crippen LogP contribution in [0, 0.1) is 5.92 Å². The third-order valence-corrected chi connectivity index (χ3v) is 5.90. The van der Waals surface area contributed by atoms with E-state index in [1.807, 2.05) is 38.6 Å². The van der Waals surface area contributed by atoms with Gasteiger partial charge in [0.2, 0.25) is 0 Å². The molecule has 2 aliphatic rings. The Labute approximate surface area is 165 Å². The van der Waals surface area contributed by atoms with Crippen molar-refractivity contribution >= 4 is 17.5 Å². The zero-order valence-electron chi connectivity index (χ0n) is 17.0. The molecule has 2 aliphatic heterocycles. The maximum absolute atomic E-state index is 13.3. The van der Waals surface area contributed by atoms with Gasteiger partial charge in [0.15, 0.2) is 5.69 Å². The highest BCUT2D eigenvalue weighted by Crippen LogP contribution is 2.33. The van der Waals surface area contributed by atoms with E-state index >= 15 is 0 Å². The molecule has 0 aliphatic carbocycles. The van der Waals surface area contributed by atoms with E-state index < -0.39 is 0 Å². The quantitative estimate of drug-likeness (QED) is 0.801. The van der Waals surface area contributed by atoms with Gasteiger partial charge in [-0.2, -0.15) is 0 Å². The predicted octanol–water partition coefficient (Wildman–Crippen LogP) is 3.02. The number of fused-ring (bicyclic) bond motifs is 1. The van der Waals surface area contributed by atoms with E-state index in [0.717, 1.165) is 50.2 Å². The number of carbonyl (C=O) groups is 2. The Hall–Kier alpha value is -2.57. The summed E-state index contributed by atoms with van der Waals surface area (Å²) in [6.45, 7) is 4.49. The largest absolute Gasteiger partial charge is 0.337 e. The number of hydrogen-bond donors (Lipinski definition) is 0. The summed E-state index contributed by atoms with van der Waals surface area (Å²) in [7, 11) is 3.54. The molecule has 0 N–H and O–H groups in total. The Morgan fingerprint density at radius 3 is 2.68 bits per heavy atom. The average molecular weight is 383 g/mol. The van der Waals surface area contributed by atoms with Gasteiger partial charge in [-0.3, -0.25) is 4.79 Å². The molecule has 4 heterocycles. The summed E-state index contributed by atoms with van der Waals surface area (Å²) in [6, 6.07) is 5.72. The Kier molecular flexibility index (Phi) is 5.00. The van der Waals surface area contributed by atoms with Crippen LogP contribution in [0.4, 0.5) is 4.79 Å². The lowest BCUT2D eigenvalue weighted by Gasteiger charge is -2.30. The highest BCUT2D eigenvalue weighted by molar-refractivity contribution is 5.99. The van der Waals surface area contributed by atoms with E-state index in [9.17, 15) is 9.59 Å². The van der Waals surface area contributed by atoms with Gasteiger partial charge in [-0.1, -0.05) is 13.0 Å². The number of aromatic nitrogens is 2. The first-order chi connectivity index (χ1) is 13.5. The standard InChI is InChI=1S/C21H29N5O2/c1-15-8-6-11-24(14-15)20(27)18-16-9-4-5-12-25(16)19(22-18)17-10-7-13-26(17)21(28)23(2)3/h4-5,9,12,15,17H,6-8,10-11,13-14H2,1-3H3. The summed E-state index contributed by atoms with van der Waals surface area (Å²) >= 11 is 0. The Morgan fingerprint density at radius 1 is 1.14 bits per heavy atom. The summed E-state index contributed by atoms with van der Waals surface area (Å²) in [6.07, 6.45) is 5.97. The van der Waals surface area contributed by atoms with Crippen LogP contribution >= 0.6 is 0 Å². The minimum atomic E-state index is -0.105. The molecule has 0 radical (unpaired) electrons. The fourth-order valence-corrected chi connectivity index (χ4v) is 4.50. The predicted molar refractivity (Wildman–Crippen MR) is 107 cm³/mol. The molecule has 2 aromatic rings. The SMILES string of the molecule is CC1CCCN(C(=O)c2nc(C3CCCN3C(=O)N(C)C)n3ccccc23)C1. The van der Waals surface area contributed by atoms with Gasteiger partial charge in [0.25, 0.3) is 5.91 Å². The molecule has 2 unspecified atom stereocenters. The number of piperidine rings is 1. The number of imidazole rings is 1. The third kappa shape index (κ3) is 3.23. The van der Waals surface area contributed by atoms with E-state index in [1.165, 1.54) is 6.42 Å². The van der Waals surface area contributed by atoms with E-state index in [1.54, 1.807) is 19.0 Å². The second kappa shape index (κ2) is 7.45. The van der Waals surface area contributed by atoms with E-state index in [-0.39, 0.29) is 18.0 Å².